The Labute approximate surface area is 368 Å². The molecule has 8 atom stereocenters. The number of nitrogens with one attached hydrogen (secondary N) is 1. The van der Waals surface area contributed by atoms with Crippen LogP contribution >= 0.6 is 0 Å². The van der Waals surface area contributed by atoms with Crippen molar-refractivity contribution in [1.82, 2.24) is 5.32 Å². The van der Waals surface area contributed by atoms with Crippen molar-refractivity contribution in [1.29, 1.82) is 0 Å². The zero-order chi connectivity index (χ0) is 45.0. The number of ether oxygens (including phenoxy) is 2. The molecule has 1 aliphatic rings. The third-order valence-corrected chi connectivity index (χ3v) is 11.1. The van der Waals surface area contributed by atoms with Crippen molar-refractivity contribution in [2.45, 2.75) is 217 Å². The number of unbranched alkanes of at least 4 members (excludes halogenated alkanes) is 17. The quantitative estimate of drug-likeness (QED) is 0.0179. The Balaban J connectivity index is 2.54. The smallest absolute Gasteiger partial charge is 0.394 e. The maximum absolute atomic E-state index is 13.1. The van der Waals surface area contributed by atoms with E-state index in [-0.39, 0.29) is 6.42 Å². The van der Waals surface area contributed by atoms with E-state index in [0.29, 0.717) is 12.8 Å². The van der Waals surface area contributed by atoms with E-state index >= 15 is 0 Å². The van der Waals surface area contributed by atoms with Crippen LogP contribution in [0.5, 0.6) is 0 Å². The largest absolute Gasteiger partial charge is 0.397 e. The average Bonchev–Trinajstić information content (AvgIpc) is 3.23. The summed E-state index contributed by atoms with van der Waals surface area (Å²) in [6, 6.07) is -1.14. The Hall–Kier alpha value is -2.24. The maximum atomic E-state index is 13.1. The lowest BCUT2D eigenvalue weighted by Gasteiger charge is -2.41. The minimum Gasteiger partial charge on any atom is -0.394 e. The van der Waals surface area contributed by atoms with Crippen LogP contribution in [0.1, 0.15) is 168 Å². The average molecular weight is 886 g/mol. The van der Waals surface area contributed by atoms with Gasteiger partial charge in [-0.25, -0.2) is 4.18 Å². The van der Waals surface area contributed by atoms with Crippen LogP contribution in [0.2, 0.25) is 0 Å². The van der Waals surface area contributed by atoms with E-state index in [1.807, 2.05) is 0 Å². The summed E-state index contributed by atoms with van der Waals surface area (Å²) in [4.78, 5) is 13.1. The molecule has 1 amide bonds. The molecule has 0 aromatic heterocycles. The van der Waals surface area contributed by atoms with Gasteiger partial charge in [-0.05, 0) is 64.2 Å². The molecule has 1 saturated heterocycles. The van der Waals surface area contributed by atoms with Gasteiger partial charge in [0.2, 0.25) is 5.91 Å². The van der Waals surface area contributed by atoms with Crippen LogP contribution in [0.4, 0.5) is 0 Å². The first-order chi connectivity index (χ1) is 29.4. The standard InChI is InChI=1S/C47H83NO12S/c1-3-5-7-9-11-13-15-17-18-19-20-21-22-23-24-26-28-30-32-34-36-41(51)46(54)48-39(40(50)35-33-31-29-27-25-16-14-12-10-8-6-4-2)38-58-47-44(53)45(60-61(55,56)57)43(52)42(37-49)59-47/h5,7,10-13,25,27,33,35,39-45,47,49-53H,3-4,6,8-9,14-24,26,28-32,34,36-38H2,1-2H3,(H,48,54)(H,55,56,57)/b7-5-,12-10+,13-11-,27-25+,35-33+. The number of carbonyl (C=O) groups excluding carboxylic acids is 1. The van der Waals surface area contributed by atoms with E-state index in [0.717, 1.165) is 57.8 Å². The molecule has 0 saturated carbocycles. The van der Waals surface area contributed by atoms with Gasteiger partial charge < -0.3 is 40.3 Å². The number of hydrogen-bond donors (Lipinski definition) is 7. The van der Waals surface area contributed by atoms with E-state index in [2.05, 4.69) is 72.0 Å². The molecular weight excluding hydrogens is 803 g/mol. The van der Waals surface area contributed by atoms with Gasteiger partial charge in [-0.3, -0.25) is 9.35 Å². The second kappa shape index (κ2) is 37.2. The van der Waals surface area contributed by atoms with Crippen LogP contribution in [-0.4, -0.2) is 107 Å². The van der Waals surface area contributed by atoms with Gasteiger partial charge in [0.1, 0.15) is 30.5 Å². The molecule has 14 heteroatoms. The van der Waals surface area contributed by atoms with Gasteiger partial charge in [-0.2, -0.15) is 8.42 Å². The Morgan fingerprint density at radius 2 is 1.20 bits per heavy atom. The molecule has 0 bridgehead atoms. The van der Waals surface area contributed by atoms with Crippen molar-refractivity contribution in [2.24, 2.45) is 0 Å². The van der Waals surface area contributed by atoms with E-state index in [1.54, 1.807) is 6.08 Å². The first-order valence-electron chi connectivity index (χ1n) is 23.3. The van der Waals surface area contributed by atoms with Crippen molar-refractivity contribution in [3.8, 4) is 0 Å². The molecule has 0 aromatic carbocycles. The summed E-state index contributed by atoms with van der Waals surface area (Å²) in [7, 11) is -5.12. The van der Waals surface area contributed by atoms with Crippen LogP contribution in [0, 0.1) is 0 Å². The number of aliphatic hydroxyl groups excluding tert-OH is 5. The van der Waals surface area contributed by atoms with E-state index in [4.69, 9.17) is 9.47 Å². The van der Waals surface area contributed by atoms with Crippen molar-refractivity contribution >= 4 is 16.3 Å². The summed E-state index contributed by atoms with van der Waals surface area (Å²) in [6.45, 7) is 3.03. The minimum absolute atomic E-state index is 0.230. The van der Waals surface area contributed by atoms with Crippen molar-refractivity contribution in [2.75, 3.05) is 13.2 Å². The zero-order valence-corrected chi connectivity index (χ0v) is 38.1. The fourth-order valence-electron chi connectivity index (χ4n) is 6.93. The van der Waals surface area contributed by atoms with Crippen LogP contribution in [0.15, 0.2) is 60.8 Å². The highest BCUT2D eigenvalue weighted by molar-refractivity contribution is 7.80. The molecule has 1 fully saturated rings. The second-order valence-electron chi connectivity index (χ2n) is 16.1. The van der Waals surface area contributed by atoms with Crippen molar-refractivity contribution in [3.63, 3.8) is 0 Å². The van der Waals surface area contributed by atoms with Crippen molar-refractivity contribution in [3.05, 3.63) is 60.8 Å². The molecule has 8 unspecified atom stereocenters. The summed E-state index contributed by atoms with van der Waals surface area (Å²) < 4.78 is 47.4. The fraction of sp³-hybridized carbons (Fsp3) is 0.766. The molecule has 0 aliphatic carbocycles. The van der Waals surface area contributed by atoms with Gasteiger partial charge in [0, 0.05) is 0 Å². The normalized spacial score (nSPS) is 21.7. The molecule has 1 heterocycles. The van der Waals surface area contributed by atoms with E-state index < -0.39 is 78.5 Å². The van der Waals surface area contributed by atoms with Gasteiger partial charge in [-0.15, -0.1) is 0 Å². The Morgan fingerprint density at radius 1 is 0.689 bits per heavy atom. The van der Waals surface area contributed by atoms with Gasteiger partial charge in [0.05, 0.1) is 25.4 Å². The molecular formula is C47H83NO12S. The first kappa shape index (κ1) is 56.8. The Bertz CT molecular complexity index is 1340. The number of rotatable bonds is 38. The minimum atomic E-state index is -5.12. The summed E-state index contributed by atoms with van der Waals surface area (Å²) in [6.07, 6.45) is 34.6. The molecule has 0 aromatic rings. The summed E-state index contributed by atoms with van der Waals surface area (Å²) in [5.41, 5.74) is 0. The Morgan fingerprint density at radius 3 is 1.75 bits per heavy atom. The van der Waals surface area contributed by atoms with Crippen LogP contribution < -0.4 is 5.32 Å². The van der Waals surface area contributed by atoms with Crippen molar-refractivity contribution < 1.29 is 57.0 Å². The lowest BCUT2D eigenvalue weighted by molar-refractivity contribution is -0.298. The van der Waals surface area contributed by atoms with Crippen LogP contribution in [0.25, 0.3) is 0 Å². The van der Waals surface area contributed by atoms with Gasteiger partial charge in [0.15, 0.2) is 6.29 Å². The number of allylic oxidation sites excluding steroid dienone is 9. The highest BCUT2D eigenvalue weighted by Gasteiger charge is 2.48. The fourth-order valence-corrected chi connectivity index (χ4v) is 7.44. The first-order valence-corrected chi connectivity index (χ1v) is 24.6. The molecule has 1 aliphatic heterocycles. The van der Waals surface area contributed by atoms with Gasteiger partial charge >= 0.3 is 10.4 Å². The topological polar surface area (TPSA) is 212 Å². The lowest BCUT2D eigenvalue weighted by atomic mass is 9.99. The summed E-state index contributed by atoms with van der Waals surface area (Å²) in [5, 5.41) is 55.1. The summed E-state index contributed by atoms with van der Waals surface area (Å²) in [5.74, 6) is -0.721. The molecule has 7 N–H and O–H groups in total. The van der Waals surface area contributed by atoms with E-state index in [1.165, 1.54) is 83.1 Å². The number of aliphatic hydroxyl groups is 5. The molecule has 354 valence electrons. The number of amides is 1. The monoisotopic (exact) mass is 886 g/mol. The zero-order valence-electron chi connectivity index (χ0n) is 37.3. The highest BCUT2D eigenvalue weighted by atomic mass is 32.3. The third-order valence-electron chi connectivity index (χ3n) is 10.6. The maximum Gasteiger partial charge on any atom is 0.397 e. The SMILES string of the molecule is CC/C=C\C/C=C\CCCCCCCCCCCCCCCC(O)C(=O)NC(COC1OC(CO)C(O)C(OS(=O)(=O)O)C1O)C(O)/C=C/CC/C=C/CC/C=C/CCCC. The lowest BCUT2D eigenvalue weighted by Crippen LogP contribution is -2.61. The predicted octanol–water partition coefficient (Wildman–Crippen LogP) is 8.02. The molecule has 0 spiro atoms. The van der Waals surface area contributed by atoms with E-state index in [9.17, 15) is 43.3 Å². The molecule has 1 rings (SSSR count). The summed E-state index contributed by atoms with van der Waals surface area (Å²) >= 11 is 0. The van der Waals surface area contributed by atoms with Gasteiger partial charge in [-0.1, -0.05) is 164 Å². The number of carbonyl (C=O) groups is 1. The van der Waals surface area contributed by atoms with Crippen LogP contribution in [-0.2, 0) is 28.9 Å². The molecule has 13 nitrogen and oxygen atoms in total. The number of hydrogen-bond acceptors (Lipinski definition) is 11. The predicted molar refractivity (Wildman–Crippen MR) is 242 cm³/mol. The molecule has 0 radical (unpaired) electrons. The van der Waals surface area contributed by atoms with Gasteiger partial charge in [0.25, 0.3) is 0 Å². The third kappa shape index (κ3) is 29.7. The van der Waals surface area contributed by atoms with Crippen LogP contribution in [0.3, 0.4) is 0 Å². The second-order valence-corrected chi connectivity index (χ2v) is 17.1. The highest BCUT2D eigenvalue weighted by Crippen LogP contribution is 2.26. The Kier molecular flexibility index (Phi) is 34.6. The molecule has 61 heavy (non-hydrogen) atoms.